The Hall–Kier alpha value is -4.97. The highest BCUT2D eigenvalue weighted by Crippen LogP contribution is 2.37. The molecular weight excluding hydrogens is 540 g/mol. The summed E-state index contributed by atoms with van der Waals surface area (Å²) in [6, 6.07) is 10.2. The molecule has 2 aromatic carbocycles. The number of ether oxygens (including phenoxy) is 2. The zero-order valence-corrected chi connectivity index (χ0v) is 23.6. The zero-order valence-electron chi connectivity index (χ0n) is 23.6. The van der Waals surface area contributed by atoms with Gasteiger partial charge < -0.3 is 24.7 Å². The van der Waals surface area contributed by atoms with Gasteiger partial charge in [0.1, 0.15) is 23.1 Å². The third-order valence-electron chi connectivity index (χ3n) is 7.32. The number of nitrogens with zero attached hydrogens (tertiary/aromatic N) is 2. The molecule has 5 rings (SSSR count). The van der Waals surface area contributed by atoms with E-state index in [0.29, 0.717) is 59.6 Å². The van der Waals surface area contributed by atoms with Gasteiger partial charge in [-0.2, -0.15) is 5.10 Å². The first-order chi connectivity index (χ1) is 20.3. The van der Waals surface area contributed by atoms with Gasteiger partial charge in [-0.1, -0.05) is 0 Å². The van der Waals surface area contributed by atoms with Crippen molar-refractivity contribution in [1.29, 1.82) is 0 Å². The first-order valence-electron chi connectivity index (χ1n) is 13.5. The fraction of sp³-hybridized carbons (Fsp3) is 0.300. The molecule has 4 N–H and O–H groups in total. The Kier molecular flexibility index (Phi) is 8.34. The molecule has 4 aromatic rings. The molecule has 2 amide bonds. The van der Waals surface area contributed by atoms with Crippen molar-refractivity contribution in [3.05, 3.63) is 70.3 Å². The lowest BCUT2D eigenvalue weighted by atomic mass is 10.0. The average molecular weight is 573 g/mol. The van der Waals surface area contributed by atoms with Crippen molar-refractivity contribution in [3.63, 3.8) is 0 Å². The summed E-state index contributed by atoms with van der Waals surface area (Å²) in [6.45, 7) is 0.836. The molecule has 0 saturated carbocycles. The number of hydrogen-bond donors (Lipinski definition) is 4. The van der Waals surface area contributed by atoms with E-state index < -0.39 is 6.04 Å². The number of anilines is 1. The van der Waals surface area contributed by atoms with Crippen LogP contribution in [0.1, 0.15) is 35.2 Å². The van der Waals surface area contributed by atoms with Gasteiger partial charge in [0.05, 0.1) is 20.4 Å². The molecule has 1 fully saturated rings. The number of methoxy groups -OCH3 is 2. The summed E-state index contributed by atoms with van der Waals surface area (Å²) in [5.41, 5.74) is 3.93. The minimum absolute atomic E-state index is 0.0249. The van der Waals surface area contributed by atoms with Crippen LogP contribution in [0.5, 0.6) is 11.5 Å². The molecule has 1 aliphatic heterocycles. The Morgan fingerprint density at radius 3 is 2.48 bits per heavy atom. The van der Waals surface area contributed by atoms with E-state index in [1.165, 1.54) is 4.57 Å². The van der Waals surface area contributed by atoms with Crippen LogP contribution in [0, 0.1) is 0 Å². The maximum Gasteiger partial charge on any atom is 0.276 e. The van der Waals surface area contributed by atoms with E-state index in [9.17, 15) is 19.2 Å². The van der Waals surface area contributed by atoms with Gasteiger partial charge in [0.15, 0.2) is 5.78 Å². The lowest BCUT2D eigenvalue weighted by Crippen LogP contribution is -2.47. The lowest BCUT2D eigenvalue weighted by Gasteiger charge is -2.22. The molecule has 2 aromatic heterocycles. The van der Waals surface area contributed by atoms with Crippen LogP contribution in [-0.2, 0) is 23.2 Å². The van der Waals surface area contributed by atoms with Crippen molar-refractivity contribution in [2.45, 2.75) is 31.8 Å². The first-order valence-corrected chi connectivity index (χ1v) is 13.5. The molecule has 42 heavy (non-hydrogen) atoms. The summed E-state index contributed by atoms with van der Waals surface area (Å²) < 4.78 is 12.9. The number of ketones is 1. The van der Waals surface area contributed by atoms with E-state index in [-0.39, 0.29) is 29.6 Å². The van der Waals surface area contributed by atoms with E-state index in [1.54, 1.807) is 57.9 Å². The predicted octanol–water partition coefficient (Wildman–Crippen LogP) is 2.53. The third-order valence-corrected chi connectivity index (χ3v) is 7.32. The van der Waals surface area contributed by atoms with Crippen LogP contribution in [-0.4, -0.2) is 59.2 Å². The Labute approximate surface area is 241 Å². The SMILES string of the molecule is COc1cc(-c2cn(C)c(=O)c3[nH]ncc23)cc(OC)c1CNCCC(=O)c1ccc(NC2CCC(=O)NC2=O)cc1. The number of aryl methyl sites for hydroxylation is 1. The predicted molar refractivity (Wildman–Crippen MR) is 157 cm³/mol. The quantitative estimate of drug-likeness (QED) is 0.120. The van der Waals surface area contributed by atoms with Gasteiger partial charge in [-0.25, -0.2) is 0 Å². The minimum Gasteiger partial charge on any atom is -0.496 e. The van der Waals surface area contributed by atoms with Crippen LogP contribution in [0.25, 0.3) is 22.0 Å². The summed E-state index contributed by atoms with van der Waals surface area (Å²) in [5.74, 6) is 0.574. The summed E-state index contributed by atoms with van der Waals surface area (Å²) >= 11 is 0. The van der Waals surface area contributed by atoms with Gasteiger partial charge in [-0.05, 0) is 48.4 Å². The topological polar surface area (TPSA) is 156 Å². The van der Waals surface area contributed by atoms with Crippen LogP contribution >= 0.6 is 0 Å². The van der Waals surface area contributed by atoms with Crippen LogP contribution in [0.2, 0.25) is 0 Å². The third kappa shape index (κ3) is 5.88. The second kappa shape index (κ2) is 12.3. The van der Waals surface area contributed by atoms with Crippen LogP contribution in [0.15, 0.2) is 53.6 Å². The number of aromatic amines is 1. The number of H-pyrrole nitrogens is 1. The van der Waals surface area contributed by atoms with Crippen molar-refractivity contribution >= 4 is 34.2 Å². The fourth-order valence-electron chi connectivity index (χ4n) is 5.04. The number of benzene rings is 2. The zero-order chi connectivity index (χ0) is 29.8. The lowest BCUT2D eigenvalue weighted by molar-refractivity contribution is -0.133. The molecule has 1 aliphatic rings. The van der Waals surface area contributed by atoms with E-state index in [4.69, 9.17) is 9.47 Å². The van der Waals surface area contributed by atoms with Crippen molar-refractivity contribution in [1.82, 2.24) is 25.4 Å². The second-order valence-electron chi connectivity index (χ2n) is 10.1. The van der Waals surface area contributed by atoms with E-state index >= 15 is 0 Å². The Morgan fingerprint density at radius 2 is 1.81 bits per heavy atom. The number of pyridine rings is 1. The van der Waals surface area contributed by atoms with E-state index in [0.717, 1.165) is 16.7 Å². The Morgan fingerprint density at radius 1 is 1.10 bits per heavy atom. The number of hydrogen-bond acceptors (Lipinski definition) is 9. The monoisotopic (exact) mass is 572 g/mol. The molecule has 12 nitrogen and oxygen atoms in total. The van der Waals surface area contributed by atoms with Gasteiger partial charge in [0, 0.05) is 66.9 Å². The van der Waals surface area contributed by atoms with Gasteiger partial charge in [0.25, 0.3) is 5.56 Å². The van der Waals surface area contributed by atoms with Crippen molar-refractivity contribution < 1.29 is 23.9 Å². The van der Waals surface area contributed by atoms with Crippen molar-refractivity contribution in [2.75, 3.05) is 26.1 Å². The Bertz CT molecular complexity index is 1680. The number of nitrogens with one attached hydrogen (secondary N) is 4. The number of Topliss-reactive ketones (excluding diaryl/α,β-unsaturated/α-hetero) is 1. The number of carbonyl (C=O) groups is 3. The molecule has 0 spiro atoms. The smallest absolute Gasteiger partial charge is 0.276 e. The van der Waals surface area contributed by atoms with Crippen LogP contribution in [0.4, 0.5) is 5.69 Å². The highest BCUT2D eigenvalue weighted by Gasteiger charge is 2.26. The molecule has 0 aliphatic carbocycles. The number of aromatic nitrogens is 3. The molecule has 1 unspecified atom stereocenters. The number of imide groups is 1. The van der Waals surface area contributed by atoms with Crippen LogP contribution < -0.4 is 31.0 Å². The number of fused-ring (bicyclic) bond motifs is 1. The number of piperidine rings is 1. The van der Waals surface area contributed by atoms with Crippen molar-refractivity contribution in [3.8, 4) is 22.6 Å². The summed E-state index contributed by atoms with van der Waals surface area (Å²) in [4.78, 5) is 48.5. The largest absolute Gasteiger partial charge is 0.496 e. The Balaban J connectivity index is 1.22. The molecule has 3 heterocycles. The number of amides is 2. The molecule has 218 valence electrons. The average Bonchev–Trinajstić information content (AvgIpc) is 3.49. The first kappa shape index (κ1) is 28.6. The van der Waals surface area contributed by atoms with Gasteiger partial charge in [-0.3, -0.25) is 29.6 Å². The summed E-state index contributed by atoms with van der Waals surface area (Å²) in [7, 11) is 4.85. The number of rotatable bonds is 11. The maximum absolute atomic E-state index is 12.8. The molecule has 0 radical (unpaired) electrons. The fourth-order valence-corrected chi connectivity index (χ4v) is 5.04. The van der Waals surface area contributed by atoms with E-state index in [1.807, 2.05) is 12.1 Å². The highest BCUT2D eigenvalue weighted by molar-refractivity contribution is 6.01. The maximum atomic E-state index is 12.8. The normalized spacial score (nSPS) is 15.0. The molecule has 12 heteroatoms. The molecular formula is C30H32N6O6. The van der Waals surface area contributed by atoms with Gasteiger partial charge in [0.2, 0.25) is 11.8 Å². The van der Waals surface area contributed by atoms with Crippen molar-refractivity contribution in [2.24, 2.45) is 7.05 Å². The highest BCUT2D eigenvalue weighted by atomic mass is 16.5. The van der Waals surface area contributed by atoms with Gasteiger partial charge >= 0.3 is 0 Å². The van der Waals surface area contributed by atoms with Gasteiger partial charge in [-0.15, -0.1) is 0 Å². The standard InChI is InChI=1S/C30H32N6O6/c1-36-16-22(20-15-32-35-28(20)30(36)40)18-12-25(41-2)21(26(13-18)42-3)14-31-11-10-24(37)17-4-6-19(7-5-17)33-23-8-9-27(38)34-29(23)39/h4-7,12-13,15-16,23,31,33H,8-11,14H2,1-3H3,(H,32,35)(H,34,38,39). The van der Waals surface area contributed by atoms with Crippen LogP contribution in [0.3, 0.4) is 0 Å². The molecule has 1 atom stereocenters. The molecule has 1 saturated heterocycles. The van der Waals surface area contributed by atoms with E-state index in [2.05, 4.69) is 26.1 Å². The summed E-state index contributed by atoms with van der Waals surface area (Å²) in [6.07, 6.45) is 4.38. The minimum atomic E-state index is -0.482. The number of carbonyl (C=O) groups excluding carboxylic acids is 3. The summed E-state index contributed by atoms with van der Waals surface area (Å²) in [5, 5.41) is 16.2. The molecule has 0 bridgehead atoms. The second-order valence-corrected chi connectivity index (χ2v) is 10.1.